The Balaban J connectivity index is 1.93. The van der Waals surface area contributed by atoms with Crippen molar-refractivity contribution in [2.24, 2.45) is 11.8 Å². The Morgan fingerprint density at radius 1 is 0.926 bits per heavy atom. The lowest BCUT2D eigenvalue weighted by atomic mass is 9.84. The van der Waals surface area contributed by atoms with Crippen LogP contribution in [0.15, 0.2) is 28.3 Å². The Bertz CT molecular complexity index is 902. The Kier molecular flexibility index (Phi) is 4.47. The molecule has 1 saturated carbocycles. The standard InChI is InChI=1S/C16H8Cl7NO3/c1-27-7-3-2-5(17)4-6(7)24-12(25)8-9(13(24)26)15(21)11(19)10(18)14(8,20)16(15,22)23/h2-4,8-9H,1H3/t8-,9+,14-,15-/m0/s1. The van der Waals surface area contributed by atoms with Crippen LogP contribution in [-0.4, -0.2) is 33.0 Å². The number of hydrogen-bond donors (Lipinski definition) is 0. The van der Waals surface area contributed by atoms with Gasteiger partial charge in [0.25, 0.3) is 0 Å². The number of anilines is 1. The molecule has 0 unspecified atom stereocenters. The number of nitrogens with zero attached hydrogens (tertiary/aromatic N) is 1. The molecule has 144 valence electrons. The molecule has 1 aromatic carbocycles. The number of alkyl halides is 4. The minimum atomic E-state index is -1.97. The van der Waals surface area contributed by atoms with Crippen LogP contribution in [-0.2, 0) is 9.59 Å². The van der Waals surface area contributed by atoms with Gasteiger partial charge in [-0.05, 0) is 18.2 Å². The maximum absolute atomic E-state index is 13.3. The van der Waals surface area contributed by atoms with E-state index in [0.29, 0.717) is 5.02 Å². The van der Waals surface area contributed by atoms with Gasteiger partial charge in [-0.3, -0.25) is 9.59 Å². The van der Waals surface area contributed by atoms with E-state index in [2.05, 4.69) is 0 Å². The first-order valence-corrected chi connectivity index (χ1v) is 10.1. The van der Waals surface area contributed by atoms with E-state index in [0.717, 1.165) is 4.90 Å². The monoisotopic (exact) mass is 507 g/mol. The zero-order valence-corrected chi connectivity index (χ0v) is 18.5. The molecule has 0 spiro atoms. The topological polar surface area (TPSA) is 46.6 Å². The van der Waals surface area contributed by atoms with Crippen LogP contribution >= 0.6 is 81.2 Å². The van der Waals surface area contributed by atoms with Crippen LogP contribution in [0.25, 0.3) is 0 Å². The van der Waals surface area contributed by atoms with Crippen LogP contribution in [0.5, 0.6) is 5.75 Å². The Morgan fingerprint density at radius 2 is 1.41 bits per heavy atom. The van der Waals surface area contributed by atoms with Crippen molar-refractivity contribution in [1.29, 1.82) is 0 Å². The Morgan fingerprint density at radius 3 is 1.85 bits per heavy atom. The average Bonchev–Trinajstić information content (AvgIpc) is 2.99. The lowest BCUT2D eigenvalue weighted by molar-refractivity contribution is -0.123. The second kappa shape index (κ2) is 5.98. The smallest absolute Gasteiger partial charge is 0.240 e. The SMILES string of the molecule is COc1ccc(Cl)cc1N1C(=O)[C@@H]2[C@H](C1=O)[C@]1(Cl)C(Cl)=C(Cl)[C@]2(Cl)C1(Cl)Cl. The molecule has 2 amide bonds. The number of halogens is 7. The zero-order chi connectivity index (χ0) is 20.1. The molecule has 0 radical (unpaired) electrons. The van der Waals surface area contributed by atoms with Crippen molar-refractivity contribution in [2.45, 2.75) is 14.1 Å². The molecular weight excluding hydrogens is 502 g/mol. The van der Waals surface area contributed by atoms with Gasteiger partial charge in [0.1, 0.15) is 15.5 Å². The average molecular weight is 510 g/mol. The van der Waals surface area contributed by atoms with Crippen molar-refractivity contribution >= 4 is 98.7 Å². The van der Waals surface area contributed by atoms with E-state index in [9.17, 15) is 9.59 Å². The summed E-state index contributed by atoms with van der Waals surface area (Å²) in [5.41, 5.74) is 0.149. The molecule has 0 aromatic heterocycles. The van der Waals surface area contributed by atoms with Crippen molar-refractivity contribution in [1.82, 2.24) is 0 Å². The number of benzene rings is 1. The van der Waals surface area contributed by atoms with Gasteiger partial charge in [-0.25, -0.2) is 4.90 Å². The maximum Gasteiger partial charge on any atom is 0.240 e. The minimum Gasteiger partial charge on any atom is -0.495 e. The number of carbonyl (C=O) groups excluding carboxylic acids is 2. The molecule has 1 aliphatic heterocycles. The van der Waals surface area contributed by atoms with Gasteiger partial charge < -0.3 is 4.74 Å². The molecule has 3 aliphatic rings. The van der Waals surface area contributed by atoms with Crippen molar-refractivity contribution < 1.29 is 14.3 Å². The summed E-state index contributed by atoms with van der Waals surface area (Å²) in [7, 11) is 1.40. The van der Waals surface area contributed by atoms with Gasteiger partial charge in [0.2, 0.25) is 11.8 Å². The van der Waals surface area contributed by atoms with Crippen molar-refractivity contribution in [3.63, 3.8) is 0 Å². The largest absolute Gasteiger partial charge is 0.495 e. The second-order valence-corrected chi connectivity index (χ2v) is 10.1. The summed E-state index contributed by atoms with van der Waals surface area (Å²) in [5.74, 6) is -3.50. The molecule has 1 aromatic rings. The first kappa shape index (κ1) is 20.2. The number of fused-ring (bicyclic) bond motifs is 5. The number of methoxy groups -OCH3 is 1. The highest BCUT2D eigenvalue weighted by Crippen LogP contribution is 2.77. The van der Waals surface area contributed by atoms with Crippen molar-refractivity contribution in [3.8, 4) is 5.75 Å². The van der Waals surface area contributed by atoms with Crippen molar-refractivity contribution in [3.05, 3.63) is 33.3 Å². The molecule has 11 heteroatoms. The van der Waals surface area contributed by atoms with Crippen LogP contribution in [0.3, 0.4) is 0 Å². The van der Waals surface area contributed by atoms with Crippen LogP contribution < -0.4 is 9.64 Å². The highest BCUT2D eigenvalue weighted by Gasteiger charge is 2.87. The lowest BCUT2D eigenvalue weighted by Gasteiger charge is -2.34. The molecular formula is C16H8Cl7NO3. The highest BCUT2D eigenvalue weighted by molar-refractivity contribution is 6.67. The number of imide groups is 1. The van der Waals surface area contributed by atoms with E-state index >= 15 is 0 Å². The lowest BCUT2D eigenvalue weighted by Crippen LogP contribution is -2.50. The quantitative estimate of drug-likeness (QED) is 0.401. The van der Waals surface area contributed by atoms with E-state index in [-0.39, 0.29) is 21.5 Å². The molecule has 4 rings (SSSR count). The fraction of sp³-hybridized carbons (Fsp3) is 0.375. The summed E-state index contributed by atoms with van der Waals surface area (Å²) in [6, 6.07) is 4.51. The number of rotatable bonds is 2. The fourth-order valence-corrected chi connectivity index (χ4v) is 7.17. The van der Waals surface area contributed by atoms with Gasteiger partial charge in [0.15, 0.2) is 4.33 Å². The van der Waals surface area contributed by atoms with Gasteiger partial charge in [0, 0.05) is 5.02 Å². The third-order valence-electron chi connectivity index (χ3n) is 5.29. The predicted octanol–water partition coefficient (Wildman–Crippen LogP) is 5.30. The van der Waals surface area contributed by atoms with Crippen LogP contribution in [0.2, 0.25) is 5.02 Å². The molecule has 1 heterocycles. The number of allylic oxidation sites excluding steroid dienone is 2. The molecule has 2 bridgehead atoms. The summed E-state index contributed by atoms with van der Waals surface area (Å²) < 4.78 is 3.28. The first-order chi connectivity index (χ1) is 12.5. The summed E-state index contributed by atoms with van der Waals surface area (Å²) in [6.45, 7) is 0. The summed E-state index contributed by atoms with van der Waals surface area (Å²) >= 11 is 44.8. The van der Waals surface area contributed by atoms with E-state index in [1.807, 2.05) is 0 Å². The molecule has 4 atom stereocenters. The number of ether oxygens (including phenoxy) is 1. The molecule has 0 N–H and O–H groups in total. The number of hydrogen-bond acceptors (Lipinski definition) is 3. The van der Waals surface area contributed by atoms with Crippen molar-refractivity contribution in [2.75, 3.05) is 12.0 Å². The molecule has 4 nitrogen and oxygen atoms in total. The van der Waals surface area contributed by atoms with Gasteiger partial charge >= 0.3 is 0 Å². The van der Waals surface area contributed by atoms with Gasteiger partial charge in [0.05, 0.1) is 34.7 Å². The van der Waals surface area contributed by atoms with Crippen LogP contribution in [0, 0.1) is 11.8 Å². The minimum absolute atomic E-state index is 0.145. The summed E-state index contributed by atoms with van der Waals surface area (Å²) in [5, 5.41) is 0.00659. The number of carbonyl (C=O) groups is 2. The van der Waals surface area contributed by atoms with E-state index in [4.69, 9.17) is 85.9 Å². The second-order valence-electron chi connectivity index (χ2n) is 6.41. The zero-order valence-electron chi connectivity index (χ0n) is 13.2. The van der Waals surface area contributed by atoms with Gasteiger partial charge in [-0.1, -0.05) is 58.0 Å². The maximum atomic E-state index is 13.3. The predicted molar refractivity (Wildman–Crippen MR) is 108 cm³/mol. The third kappa shape index (κ3) is 2.06. The third-order valence-corrected chi connectivity index (χ3v) is 9.78. The van der Waals surface area contributed by atoms with Crippen LogP contribution in [0.1, 0.15) is 0 Å². The van der Waals surface area contributed by atoms with E-state index in [1.165, 1.54) is 19.2 Å². The van der Waals surface area contributed by atoms with E-state index < -0.39 is 37.7 Å². The molecule has 2 fully saturated rings. The van der Waals surface area contributed by atoms with Crippen LogP contribution in [0.4, 0.5) is 5.69 Å². The molecule has 27 heavy (non-hydrogen) atoms. The molecule has 1 saturated heterocycles. The normalized spacial score (nSPS) is 36.7. The first-order valence-electron chi connectivity index (χ1n) is 7.49. The van der Waals surface area contributed by atoms with Gasteiger partial charge in [-0.2, -0.15) is 0 Å². The van der Waals surface area contributed by atoms with Gasteiger partial charge in [-0.15, -0.1) is 23.2 Å². The highest BCUT2D eigenvalue weighted by atomic mass is 35.5. The number of amides is 2. The Hall–Kier alpha value is -0.0700. The summed E-state index contributed by atoms with van der Waals surface area (Å²) in [4.78, 5) is 23.8. The van der Waals surface area contributed by atoms with E-state index in [1.54, 1.807) is 6.07 Å². The summed E-state index contributed by atoms with van der Waals surface area (Å²) in [6.07, 6.45) is 0. The molecule has 2 aliphatic carbocycles. The fourth-order valence-electron chi connectivity index (χ4n) is 4.07. The Labute approximate surface area is 189 Å².